The van der Waals surface area contributed by atoms with Crippen molar-refractivity contribution in [3.63, 3.8) is 0 Å². The van der Waals surface area contributed by atoms with E-state index in [9.17, 15) is 8.42 Å². The first-order valence-corrected chi connectivity index (χ1v) is 6.72. The Hall–Kier alpha value is -0.580. The van der Waals surface area contributed by atoms with Gasteiger partial charge in [0.25, 0.3) is 0 Å². The maximum Gasteiger partial charge on any atom is 0.181 e. The highest BCUT2D eigenvalue weighted by Crippen LogP contribution is 2.36. The van der Waals surface area contributed by atoms with Gasteiger partial charge in [-0.1, -0.05) is 23.7 Å². The normalized spacial score (nSPS) is 18.8. The number of nitrogens with two attached hydrogens (primary N) is 1. The summed E-state index contributed by atoms with van der Waals surface area (Å²) in [4.78, 5) is 0.184. The van der Waals surface area contributed by atoms with Crippen molar-refractivity contribution >= 4 is 21.4 Å². The third kappa shape index (κ3) is 2.33. The first-order chi connectivity index (χ1) is 6.93. The van der Waals surface area contributed by atoms with Crippen LogP contribution in [0.5, 0.6) is 0 Å². The van der Waals surface area contributed by atoms with Gasteiger partial charge in [0.05, 0.1) is 15.7 Å². The summed E-state index contributed by atoms with van der Waals surface area (Å²) in [6, 6.07) is 6.46. The van der Waals surface area contributed by atoms with Gasteiger partial charge >= 0.3 is 0 Å². The van der Waals surface area contributed by atoms with Crippen LogP contribution < -0.4 is 5.73 Å². The Balaban J connectivity index is 2.33. The molecule has 1 aromatic carbocycles. The largest absolute Gasteiger partial charge is 0.324 e. The van der Waals surface area contributed by atoms with Crippen LogP contribution in [0, 0.1) is 0 Å². The van der Waals surface area contributed by atoms with E-state index in [1.54, 1.807) is 18.2 Å². The van der Waals surface area contributed by atoms with Crippen LogP contribution in [0.1, 0.15) is 12.8 Å². The summed E-state index contributed by atoms with van der Waals surface area (Å²) in [6.45, 7) is 0. The quantitative estimate of drug-likeness (QED) is 0.880. The molecule has 1 aliphatic rings. The van der Waals surface area contributed by atoms with Gasteiger partial charge in [0, 0.05) is 5.54 Å². The summed E-state index contributed by atoms with van der Waals surface area (Å²) in [7, 11) is -3.34. The summed E-state index contributed by atoms with van der Waals surface area (Å²) >= 11 is 5.84. The van der Waals surface area contributed by atoms with E-state index in [0.29, 0.717) is 0 Å². The van der Waals surface area contributed by atoms with Gasteiger partial charge in [0.15, 0.2) is 9.84 Å². The van der Waals surface area contributed by atoms with E-state index in [1.807, 2.05) is 0 Å². The molecule has 0 radical (unpaired) electrons. The SMILES string of the molecule is NC1(CS(=O)(=O)c2ccccc2Cl)CC1. The predicted molar refractivity (Wildman–Crippen MR) is 59.7 cm³/mol. The van der Waals surface area contributed by atoms with Crippen molar-refractivity contribution in [2.45, 2.75) is 23.3 Å². The molecule has 82 valence electrons. The second kappa shape index (κ2) is 3.47. The molecule has 0 amide bonds. The fourth-order valence-corrected chi connectivity index (χ4v) is 3.80. The summed E-state index contributed by atoms with van der Waals surface area (Å²) in [6.07, 6.45) is 1.55. The Bertz CT molecular complexity index is 480. The van der Waals surface area contributed by atoms with E-state index < -0.39 is 15.4 Å². The van der Waals surface area contributed by atoms with Gasteiger partial charge in [-0.15, -0.1) is 0 Å². The average molecular weight is 246 g/mol. The van der Waals surface area contributed by atoms with Crippen LogP contribution in [0.15, 0.2) is 29.2 Å². The van der Waals surface area contributed by atoms with Gasteiger partial charge < -0.3 is 5.73 Å². The van der Waals surface area contributed by atoms with Crippen molar-refractivity contribution in [2.24, 2.45) is 5.73 Å². The molecule has 0 heterocycles. The van der Waals surface area contributed by atoms with Gasteiger partial charge in [0.2, 0.25) is 0 Å². The van der Waals surface area contributed by atoms with Crippen LogP contribution in [0.2, 0.25) is 5.02 Å². The van der Waals surface area contributed by atoms with Crippen LogP contribution in [0.25, 0.3) is 0 Å². The molecular formula is C10H12ClNO2S. The first kappa shape index (κ1) is 10.9. The molecule has 1 saturated carbocycles. The van der Waals surface area contributed by atoms with Gasteiger partial charge in [-0.2, -0.15) is 0 Å². The monoisotopic (exact) mass is 245 g/mol. The number of sulfone groups is 1. The van der Waals surface area contributed by atoms with Crippen molar-refractivity contribution < 1.29 is 8.42 Å². The smallest absolute Gasteiger partial charge is 0.181 e. The second-order valence-corrected chi connectivity index (χ2v) is 6.42. The molecule has 15 heavy (non-hydrogen) atoms. The maximum absolute atomic E-state index is 11.9. The van der Waals surface area contributed by atoms with E-state index in [-0.39, 0.29) is 15.7 Å². The molecular weight excluding hydrogens is 234 g/mol. The van der Waals surface area contributed by atoms with E-state index in [1.165, 1.54) is 6.07 Å². The third-order valence-corrected chi connectivity index (χ3v) is 4.96. The van der Waals surface area contributed by atoms with E-state index >= 15 is 0 Å². The highest BCUT2D eigenvalue weighted by molar-refractivity contribution is 7.91. The fourth-order valence-electron chi connectivity index (χ4n) is 1.46. The Morgan fingerprint density at radius 1 is 1.33 bits per heavy atom. The molecule has 1 aliphatic carbocycles. The third-order valence-electron chi connectivity index (χ3n) is 2.54. The Morgan fingerprint density at radius 2 is 1.93 bits per heavy atom. The van der Waals surface area contributed by atoms with Crippen molar-refractivity contribution in [1.82, 2.24) is 0 Å². The van der Waals surface area contributed by atoms with Gasteiger partial charge in [-0.05, 0) is 25.0 Å². The molecule has 0 atom stereocenters. The van der Waals surface area contributed by atoms with Gasteiger partial charge in [0.1, 0.15) is 0 Å². The molecule has 3 nitrogen and oxygen atoms in total. The summed E-state index contributed by atoms with van der Waals surface area (Å²) in [5.41, 5.74) is 5.28. The average Bonchev–Trinajstić information content (AvgIpc) is 2.82. The molecule has 2 rings (SSSR count). The number of benzene rings is 1. The van der Waals surface area contributed by atoms with Crippen molar-refractivity contribution in [1.29, 1.82) is 0 Å². The van der Waals surface area contributed by atoms with Crippen LogP contribution >= 0.6 is 11.6 Å². The van der Waals surface area contributed by atoms with Gasteiger partial charge in [-0.25, -0.2) is 8.42 Å². The van der Waals surface area contributed by atoms with Crippen LogP contribution in [0.4, 0.5) is 0 Å². The molecule has 1 fully saturated rings. The minimum absolute atomic E-state index is 0.0102. The first-order valence-electron chi connectivity index (χ1n) is 4.69. The number of halogens is 1. The summed E-state index contributed by atoms with van der Waals surface area (Å²) < 4.78 is 23.9. The fraction of sp³-hybridized carbons (Fsp3) is 0.400. The highest BCUT2D eigenvalue weighted by atomic mass is 35.5. The number of hydrogen-bond acceptors (Lipinski definition) is 3. The molecule has 2 N–H and O–H groups in total. The zero-order chi connectivity index (χ0) is 11.1. The molecule has 0 spiro atoms. The highest BCUT2D eigenvalue weighted by Gasteiger charge is 2.43. The Morgan fingerprint density at radius 3 is 2.47 bits per heavy atom. The van der Waals surface area contributed by atoms with E-state index in [0.717, 1.165) is 12.8 Å². The topological polar surface area (TPSA) is 60.2 Å². The lowest BCUT2D eigenvalue weighted by Crippen LogP contribution is -2.31. The zero-order valence-electron chi connectivity index (χ0n) is 8.11. The Labute approximate surface area is 94.2 Å². The molecule has 0 bridgehead atoms. The summed E-state index contributed by atoms with van der Waals surface area (Å²) in [5.74, 6) is -0.0102. The predicted octanol–water partition coefficient (Wildman–Crippen LogP) is 1.60. The van der Waals surface area contributed by atoms with E-state index in [4.69, 9.17) is 17.3 Å². The molecule has 0 aromatic heterocycles. The lowest BCUT2D eigenvalue weighted by Gasteiger charge is -2.10. The van der Waals surface area contributed by atoms with Crippen molar-refractivity contribution in [2.75, 3.05) is 5.75 Å². The minimum Gasteiger partial charge on any atom is -0.324 e. The van der Waals surface area contributed by atoms with Crippen molar-refractivity contribution in [3.8, 4) is 0 Å². The van der Waals surface area contributed by atoms with Gasteiger partial charge in [-0.3, -0.25) is 0 Å². The van der Waals surface area contributed by atoms with E-state index in [2.05, 4.69) is 0 Å². The molecule has 0 unspecified atom stereocenters. The second-order valence-electron chi connectivity index (χ2n) is 4.05. The molecule has 0 aliphatic heterocycles. The minimum atomic E-state index is -3.34. The number of rotatable bonds is 3. The van der Waals surface area contributed by atoms with Crippen LogP contribution in [0.3, 0.4) is 0 Å². The molecule has 0 saturated heterocycles. The lowest BCUT2D eigenvalue weighted by atomic mass is 10.4. The molecule has 1 aromatic rings. The van der Waals surface area contributed by atoms with Crippen LogP contribution in [-0.2, 0) is 9.84 Å². The van der Waals surface area contributed by atoms with Crippen molar-refractivity contribution in [3.05, 3.63) is 29.3 Å². The molecule has 5 heteroatoms. The standard InChI is InChI=1S/C10H12ClNO2S/c11-8-3-1-2-4-9(8)15(13,14)7-10(12)5-6-10/h1-4H,5-7,12H2. The van der Waals surface area contributed by atoms with Crippen LogP contribution in [-0.4, -0.2) is 19.7 Å². The maximum atomic E-state index is 11.9. The Kier molecular flexibility index (Phi) is 2.53. The lowest BCUT2D eigenvalue weighted by molar-refractivity contribution is 0.585. The zero-order valence-corrected chi connectivity index (χ0v) is 9.68. The summed E-state index contributed by atoms with van der Waals surface area (Å²) in [5, 5.41) is 0.266. The number of hydrogen-bond donors (Lipinski definition) is 1.